The summed E-state index contributed by atoms with van der Waals surface area (Å²) in [5, 5.41) is 13.9. The molecule has 0 saturated heterocycles. The summed E-state index contributed by atoms with van der Waals surface area (Å²) in [6.07, 6.45) is 0. The number of pyridine rings is 1. The van der Waals surface area contributed by atoms with E-state index in [1.807, 2.05) is 48.5 Å². The number of hydrogen-bond acceptors (Lipinski definition) is 3. The summed E-state index contributed by atoms with van der Waals surface area (Å²) in [4.78, 5) is 27.8. The second-order valence-corrected chi connectivity index (χ2v) is 7.83. The minimum absolute atomic E-state index is 0.0246. The van der Waals surface area contributed by atoms with Crippen molar-refractivity contribution in [2.75, 3.05) is 0 Å². The summed E-state index contributed by atoms with van der Waals surface area (Å²) in [5.74, 6) is -0.998. The van der Waals surface area contributed by atoms with Crippen LogP contribution >= 0.6 is 0 Å². The van der Waals surface area contributed by atoms with E-state index in [9.17, 15) is 14.7 Å². The van der Waals surface area contributed by atoms with E-state index in [0.717, 1.165) is 0 Å². The molecule has 1 aromatic heterocycles. The second-order valence-electron chi connectivity index (χ2n) is 7.83. The first-order valence-corrected chi connectivity index (χ1v) is 10.9. The minimum Gasteiger partial charge on any atom is -0.871 e. The Kier molecular flexibility index (Phi) is 5.63. The van der Waals surface area contributed by atoms with Crippen molar-refractivity contribution in [1.82, 2.24) is 4.57 Å². The fourth-order valence-electron chi connectivity index (χ4n) is 4.15. The number of para-hydroxylation sites is 1. The van der Waals surface area contributed by atoms with Crippen LogP contribution in [0.1, 0.15) is 15.9 Å². The average Bonchev–Trinajstić information content (AvgIpc) is 2.90. The highest BCUT2D eigenvalue weighted by Gasteiger charge is 2.25. The Morgan fingerprint density at radius 1 is 0.618 bits per heavy atom. The van der Waals surface area contributed by atoms with E-state index in [4.69, 9.17) is 0 Å². The molecule has 0 amide bonds. The molecule has 0 N–H and O–H groups in total. The third-order valence-electron chi connectivity index (χ3n) is 5.72. The molecule has 164 valence electrons. The molecule has 0 aliphatic heterocycles. The number of carbonyl (C=O) groups is 1. The van der Waals surface area contributed by atoms with Crippen molar-refractivity contribution in [2.24, 2.45) is 0 Å². The van der Waals surface area contributed by atoms with E-state index in [1.54, 1.807) is 72.8 Å². The molecule has 4 aromatic carbocycles. The van der Waals surface area contributed by atoms with Gasteiger partial charge in [0.05, 0.1) is 5.69 Å². The monoisotopic (exact) mass is 442 g/mol. The molecular weight excluding hydrogens is 422 g/mol. The third-order valence-corrected chi connectivity index (χ3v) is 5.72. The van der Waals surface area contributed by atoms with Crippen LogP contribution in [-0.2, 0) is 0 Å². The molecule has 34 heavy (non-hydrogen) atoms. The van der Waals surface area contributed by atoms with Gasteiger partial charge in [-0.1, -0.05) is 115 Å². The minimum atomic E-state index is -0.573. The van der Waals surface area contributed by atoms with Gasteiger partial charge >= 0.3 is 0 Å². The van der Waals surface area contributed by atoms with Crippen LogP contribution in [0.3, 0.4) is 0 Å². The van der Waals surface area contributed by atoms with E-state index in [2.05, 4.69) is 0 Å². The first-order chi connectivity index (χ1) is 16.7. The quantitative estimate of drug-likeness (QED) is 0.339. The molecule has 0 spiro atoms. The molecule has 0 aliphatic rings. The number of aromatic nitrogens is 1. The van der Waals surface area contributed by atoms with Crippen LogP contribution in [0.5, 0.6) is 5.75 Å². The zero-order valence-electron chi connectivity index (χ0n) is 18.2. The highest BCUT2D eigenvalue weighted by atomic mass is 16.3. The predicted octanol–water partition coefficient (Wildman–Crippen LogP) is 5.48. The first kappa shape index (κ1) is 21.2. The van der Waals surface area contributed by atoms with Crippen molar-refractivity contribution in [3.63, 3.8) is 0 Å². The van der Waals surface area contributed by atoms with Crippen LogP contribution in [-0.4, -0.2) is 10.4 Å². The highest BCUT2D eigenvalue weighted by Crippen LogP contribution is 2.36. The van der Waals surface area contributed by atoms with Crippen molar-refractivity contribution in [1.29, 1.82) is 0 Å². The Labute approximate surface area is 197 Å². The van der Waals surface area contributed by atoms with Gasteiger partial charge < -0.3 is 5.11 Å². The lowest BCUT2D eigenvalue weighted by molar-refractivity contribution is -0.267. The number of rotatable bonds is 5. The molecule has 4 heteroatoms. The molecule has 0 unspecified atom stereocenters. The number of carbonyl (C=O) groups excluding carboxylic acids is 1. The molecular formula is C30H20NO3-. The van der Waals surface area contributed by atoms with E-state index in [-0.39, 0.29) is 16.8 Å². The maximum absolute atomic E-state index is 13.9. The predicted molar refractivity (Wildman–Crippen MR) is 132 cm³/mol. The molecule has 0 radical (unpaired) electrons. The lowest BCUT2D eigenvalue weighted by Gasteiger charge is -2.26. The summed E-state index contributed by atoms with van der Waals surface area (Å²) in [6, 6.07) is 35.7. The second kappa shape index (κ2) is 9.04. The van der Waals surface area contributed by atoms with E-state index in [1.165, 1.54) is 4.57 Å². The zero-order valence-corrected chi connectivity index (χ0v) is 18.2. The summed E-state index contributed by atoms with van der Waals surface area (Å²) in [6.45, 7) is 0. The highest BCUT2D eigenvalue weighted by molar-refractivity contribution is 6.15. The molecule has 5 rings (SSSR count). The van der Waals surface area contributed by atoms with E-state index >= 15 is 0 Å². The SMILES string of the molecule is O=C(c1ccccc1)c1c([O-])c(-c2ccccc2)c(=O)n(-c2ccccc2)c1-c1ccccc1. The molecule has 0 atom stereocenters. The van der Waals surface area contributed by atoms with Crippen molar-refractivity contribution < 1.29 is 9.90 Å². The number of benzene rings is 4. The van der Waals surface area contributed by atoms with Crippen LogP contribution in [0.25, 0.3) is 28.1 Å². The fraction of sp³-hybridized carbons (Fsp3) is 0. The van der Waals surface area contributed by atoms with Crippen molar-refractivity contribution in [3.05, 3.63) is 143 Å². The topological polar surface area (TPSA) is 62.1 Å². The van der Waals surface area contributed by atoms with Crippen LogP contribution in [0, 0.1) is 0 Å². The summed E-state index contributed by atoms with van der Waals surface area (Å²) in [5.41, 5.74) is 1.81. The number of ketones is 1. The molecule has 0 aliphatic carbocycles. The van der Waals surface area contributed by atoms with Crippen LogP contribution < -0.4 is 10.7 Å². The van der Waals surface area contributed by atoms with Crippen LogP contribution in [0.2, 0.25) is 0 Å². The maximum atomic E-state index is 13.9. The Hall–Kier alpha value is -4.70. The van der Waals surface area contributed by atoms with Crippen LogP contribution in [0.4, 0.5) is 0 Å². The van der Waals surface area contributed by atoms with Crippen LogP contribution in [0.15, 0.2) is 126 Å². The standard InChI is InChI=1S/C30H21NO3/c32-28(23-17-9-3-10-18-23)26-27(22-15-7-2-8-16-22)31(24-19-11-4-12-20-24)30(34)25(29(26)33)21-13-5-1-6-14-21/h1-20,33H/p-1. The van der Waals surface area contributed by atoms with Gasteiger partial charge in [-0.15, -0.1) is 0 Å². The van der Waals surface area contributed by atoms with Crippen molar-refractivity contribution in [3.8, 4) is 33.8 Å². The van der Waals surface area contributed by atoms with Gasteiger partial charge in [0.15, 0.2) is 5.78 Å². The number of hydrogen-bond donors (Lipinski definition) is 0. The smallest absolute Gasteiger partial charge is 0.262 e. The van der Waals surface area contributed by atoms with Gasteiger partial charge in [0.2, 0.25) is 0 Å². The molecule has 0 fully saturated rings. The fourth-order valence-corrected chi connectivity index (χ4v) is 4.15. The maximum Gasteiger partial charge on any atom is 0.262 e. The lowest BCUT2D eigenvalue weighted by Crippen LogP contribution is -2.27. The van der Waals surface area contributed by atoms with Gasteiger partial charge in [0, 0.05) is 22.4 Å². The van der Waals surface area contributed by atoms with E-state index < -0.39 is 17.1 Å². The Morgan fingerprint density at radius 3 is 1.65 bits per heavy atom. The molecule has 0 saturated carbocycles. The average molecular weight is 442 g/mol. The molecule has 5 aromatic rings. The summed E-state index contributed by atoms with van der Waals surface area (Å²) in [7, 11) is 0. The van der Waals surface area contributed by atoms with Gasteiger partial charge in [-0.25, -0.2) is 0 Å². The Balaban J connectivity index is 1.97. The largest absolute Gasteiger partial charge is 0.871 e. The summed E-state index contributed by atoms with van der Waals surface area (Å²) >= 11 is 0. The van der Waals surface area contributed by atoms with E-state index in [0.29, 0.717) is 22.4 Å². The third kappa shape index (κ3) is 3.71. The van der Waals surface area contributed by atoms with Crippen molar-refractivity contribution in [2.45, 2.75) is 0 Å². The van der Waals surface area contributed by atoms with Crippen molar-refractivity contribution >= 4 is 5.78 Å². The number of nitrogens with zero attached hydrogens (tertiary/aromatic N) is 1. The molecule has 4 nitrogen and oxygen atoms in total. The normalized spacial score (nSPS) is 10.7. The molecule has 1 heterocycles. The Morgan fingerprint density at radius 2 is 1.09 bits per heavy atom. The van der Waals surface area contributed by atoms with Gasteiger partial charge in [0.25, 0.3) is 5.56 Å². The van der Waals surface area contributed by atoms with Gasteiger partial charge in [-0.05, 0) is 23.3 Å². The first-order valence-electron chi connectivity index (χ1n) is 10.9. The Bertz CT molecular complexity index is 1510. The van der Waals surface area contributed by atoms with Gasteiger partial charge in [-0.3, -0.25) is 14.2 Å². The van der Waals surface area contributed by atoms with Gasteiger partial charge in [-0.2, -0.15) is 0 Å². The molecule has 0 bridgehead atoms. The summed E-state index contributed by atoms with van der Waals surface area (Å²) < 4.78 is 1.48. The zero-order chi connectivity index (χ0) is 23.5. The lowest BCUT2D eigenvalue weighted by atomic mass is 9.92. The van der Waals surface area contributed by atoms with Gasteiger partial charge in [0.1, 0.15) is 0 Å².